The number of rotatable bonds is 10. The molecule has 0 saturated carbocycles. The molecule has 3 aromatic rings. The summed E-state index contributed by atoms with van der Waals surface area (Å²) in [5, 5.41) is 21.6. The van der Waals surface area contributed by atoms with Gasteiger partial charge in [-0.1, -0.05) is 48.5 Å². The zero-order valence-corrected chi connectivity index (χ0v) is 18.4. The van der Waals surface area contributed by atoms with E-state index in [2.05, 4.69) is 20.8 Å². The number of ether oxygens (including phenoxy) is 1. The maximum absolute atomic E-state index is 12.5. The van der Waals surface area contributed by atoms with E-state index in [1.807, 2.05) is 48.5 Å². The molecule has 1 atom stereocenters. The van der Waals surface area contributed by atoms with Crippen LogP contribution in [0.3, 0.4) is 0 Å². The highest BCUT2D eigenvalue weighted by Gasteiger charge is 2.30. The maximum Gasteiger partial charge on any atom is 0.407 e. The Morgan fingerprint density at radius 3 is 2.24 bits per heavy atom. The number of carboxylic acid groups (broad SMARTS) is 1. The molecule has 3 N–H and O–H groups in total. The molecular weight excluding hydrogens is 438 g/mol. The number of alkyl carbamates (subject to hydrolysis) is 1. The lowest BCUT2D eigenvalue weighted by molar-refractivity contribution is -0.139. The van der Waals surface area contributed by atoms with Crippen molar-refractivity contribution < 1.29 is 24.2 Å². The minimum Gasteiger partial charge on any atom is -0.481 e. The highest BCUT2D eigenvalue weighted by Crippen LogP contribution is 2.44. The Kier molecular flexibility index (Phi) is 7.16. The van der Waals surface area contributed by atoms with Crippen LogP contribution < -0.4 is 10.6 Å². The van der Waals surface area contributed by atoms with Crippen LogP contribution in [0.5, 0.6) is 0 Å². The van der Waals surface area contributed by atoms with Gasteiger partial charge in [0.2, 0.25) is 5.91 Å². The minimum atomic E-state index is -1.25. The van der Waals surface area contributed by atoms with Crippen LogP contribution in [0.4, 0.5) is 4.79 Å². The van der Waals surface area contributed by atoms with Gasteiger partial charge in [0.1, 0.15) is 25.3 Å². The van der Waals surface area contributed by atoms with Crippen LogP contribution in [0.1, 0.15) is 29.9 Å². The average molecular weight is 463 g/mol. The molecule has 1 aliphatic carbocycles. The number of fused-ring (bicyclic) bond motifs is 3. The fourth-order valence-corrected chi connectivity index (χ4v) is 4.10. The molecule has 0 bridgehead atoms. The highest BCUT2D eigenvalue weighted by molar-refractivity contribution is 5.89. The molecule has 0 fully saturated rings. The SMILES string of the molecule is O=C(O)CC(NC(=O)OCC1c2ccccc2-c2ccccc21)C(=O)NCCCn1cnnc1. The first-order chi connectivity index (χ1) is 16.5. The Morgan fingerprint density at radius 1 is 1.00 bits per heavy atom. The van der Waals surface area contributed by atoms with Crippen molar-refractivity contribution in [2.45, 2.75) is 31.3 Å². The Bertz CT molecular complexity index is 1120. The number of hydrogen-bond acceptors (Lipinski definition) is 6. The van der Waals surface area contributed by atoms with Gasteiger partial charge >= 0.3 is 12.1 Å². The molecule has 4 rings (SSSR count). The number of amides is 2. The lowest BCUT2D eigenvalue weighted by Gasteiger charge is -2.18. The lowest BCUT2D eigenvalue weighted by Crippen LogP contribution is -2.48. The standard InChI is InChI=1S/C24H25N5O5/c30-22(31)12-21(23(32)25-10-5-11-29-14-26-27-15-29)28-24(33)34-13-20-18-8-3-1-6-16(18)17-7-2-4-9-19(17)20/h1-4,6-9,14-15,20-21H,5,10-13H2,(H,25,32)(H,28,33)(H,30,31). The van der Waals surface area contributed by atoms with Crippen molar-refractivity contribution in [1.29, 1.82) is 0 Å². The quantitative estimate of drug-likeness (QED) is 0.392. The Hall–Kier alpha value is -4.21. The fourth-order valence-electron chi connectivity index (χ4n) is 4.10. The van der Waals surface area contributed by atoms with Crippen LogP contribution in [-0.4, -0.2) is 57.0 Å². The molecule has 34 heavy (non-hydrogen) atoms. The van der Waals surface area contributed by atoms with Crippen LogP contribution in [0.15, 0.2) is 61.2 Å². The van der Waals surface area contributed by atoms with Crippen molar-refractivity contribution >= 4 is 18.0 Å². The molecule has 0 saturated heterocycles. The Morgan fingerprint density at radius 2 is 1.62 bits per heavy atom. The Labute approximate surface area is 196 Å². The van der Waals surface area contributed by atoms with Crippen LogP contribution >= 0.6 is 0 Å². The van der Waals surface area contributed by atoms with Crippen molar-refractivity contribution in [3.8, 4) is 11.1 Å². The van der Waals surface area contributed by atoms with Crippen molar-refractivity contribution in [3.05, 3.63) is 72.3 Å². The average Bonchev–Trinajstić information content (AvgIpc) is 3.46. The molecule has 1 heterocycles. The number of aromatic nitrogens is 3. The zero-order chi connectivity index (χ0) is 23.9. The van der Waals surface area contributed by atoms with Crippen molar-refractivity contribution in [2.75, 3.05) is 13.2 Å². The first-order valence-corrected chi connectivity index (χ1v) is 11.0. The number of hydrogen-bond donors (Lipinski definition) is 3. The predicted molar refractivity (Wildman–Crippen MR) is 122 cm³/mol. The van der Waals surface area contributed by atoms with Crippen molar-refractivity contribution in [1.82, 2.24) is 25.4 Å². The first kappa shape index (κ1) is 23.0. The van der Waals surface area contributed by atoms with Crippen LogP contribution in [-0.2, 0) is 20.9 Å². The monoisotopic (exact) mass is 463 g/mol. The smallest absolute Gasteiger partial charge is 0.407 e. The molecule has 10 nitrogen and oxygen atoms in total. The maximum atomic E-state index is 12.5. The molecule has 2 aromatic carbocycles. The minimum absolute atomic E-state index is 0.0697. The van der Waals surface area contributed by atoms with Gasteiger partial charge in [0, 0.05) is 19.0 Å². The zero-order valence-electron chi connectivity index (χ0n) is 18.4. The molecule has 0 aliphatic heterocycles. The van der Waals surface area contributed by atoms with E-state index in [1.165, 1.54) is 0 Å². The van der Waals surface area contributed by atoms with Gasteiger partial charge in [-0.15, -0.1) is 10.2 Å². The van der Waals surface area contributed by atoms with Crippen molar-refractivity contribution in [2.24, 2.45) is 0 Å². The summed E-state index contributed by atoms with van der Waals surface area (Å²) in [7, 11) is 0. The summed E-state index contributed by atoms with van der Waals surface area (Å²) in [6.45, 7) is 0.969. The van der Waals surface area contributed by atoms with E-state index >= 15 is 0 Å². The third-order valence-corrected chi connectivity index (χ3v) is 5.69. The third kappa shape index (κ3) is 5.40. The molecule has 0 spiro atoms. The summed E-state index contributed by atoms with van der Waals surface area (Å²) in [6, 6.07) is 14.6. The molecule has 0 radical (unpaired) electrons. The molecule has 176 valence electrons. The third-order valence-electron chi connectivity index (χ3n) is 5.69. The van der Waals surface area contributed by atoms with E-state index in [1.54, 1.807) is 17.2 Å². The normalized spacial score (nSPS) is 12.9. The number of nitrogens with one attached hydrogen (secondary N) is 2. The van der Waals surface area contributed by atoms with Gasteiger partial charge in [0.05, 0.1) is 6.42 Å². The van der Waals surface area contributed by atoms with E-state index in [0.29, 0.717) is 19.5 Å². The second kappa shape index (κ2) is 10.6. The van der Waals surface area contributed by atoms with Gasteiger partial charge in [0.25, 0.3) is 0 Å². The molecule has 1 unspecified atom stereocenters. The van der Waals surface area contributed by atoms with Gasteiger partial charge in [0.15, 0.2) is 0 Å². The number of carbonyl (C=O) groups is 3. The lowest BCUT2D eigenvalue weighted by atomic mass is 9.98. The summed E-state index contributed by atoms with van der Waals surface area (Å²) >= 11 is 0. The Balaban J connectivity index is 1.32. The van der Waals surface area contributed by atoms with Crippen molar-refractivity contribution in [3.63, 3.8) is 0 Å². The number of benzene rings is 2. The number of aliphatic carboxylic acids is 1. The predicted octanol–water partition coefficient (Wildman–Crippen LogP) is 2.17. The molecule has 1 aliphatic rings. The molecule has 1 aromatic heterocycles. The van der Waals surface area contributed by atoms with Gasteiger partial charge in [-0.3, -0.25) is 9.59 Å². The molecule has 10 heteroatoms. The van der Waals surface area contributed by atoms with E-state index < -0.39 is 30.4 Å². The van der Waals surface area contributed by atoms with E-state index in [4.69, 9.17) is 4.74 Å². The van der Waals surface area contributed by atoms with Crippen LogP contribution in [0.2, 0.25) is 0 Å². The van der Waals surface area contributed by atoms with Gasteiger partial charge in [-0.25, -0.2) is 4.79 Å². The number of carbonyl (C=O) groups excluding carboxylic acids is 2. The summed E-state index contributed by atoms with van der Waals surface area (Å²) in [5.41, 5.74) is 4.32. The summed E-state index contributed by atoms with van der Waals surface area (Å²) in [5.74, 6) is -1.93. The fraction of sp³-hybridized carbons (Fsp3) is 0.292. The summed E-state index contributed by atoms with van der Waals surface area (Å²) in [4.78, 5) is 36.2. The van der Waals surface area contributed by atoms with E-state index in [0.717, 1.165) is 22.3 Å². The first-order valence-electron chi connectivity index (χ1n) is 11.0. The largest absolute Gasteiger partial charge is 0.481 e. The van der Waals surface area contributed by atoms with Gasteiger partial charge in [-0.2, -0.15) is 0 Å². The highest BCUT2D eigenvalue weighted by atomic mass is 16.5. The topological polar surface area (TPSA) is 135 Å². The van der Waals surface area contributed by atoms with Gasteiger partial charge in [-0.05, 0) is 28.7 Å². The number of nitrogens with zero attached hydrogens (tertiary/aromatic N) is 3. The second-order valence-corrected chi connectivity index (χ2v) is 7.96. The summed E-state index contributed by atoms with van der Waals surface area (Å²) in [6.07, 6.45) is 2.32. The number of aryl methyl sites for hydroxylation is 1. The molecule has 2 amide bonds. The second-order valence-electron chi connectivity index (χ2n) is 7.96. The van der Waals surface area contributed by atoms with E-state index in [-0.39, 0.29) is 12.5 Å². The van der Waals surface area contributed by atoms with Gasteiger partial charge < -0.3 is 25.0 Å². The molecular formula is C24H25N5O5. The van der Waals surface area contributed by atoms with Crippen LogP contribution in [0, 0.1) is 0 Å². The van der Waals surface area contributed by atoms with E-state index in [9.17, 15) is 19.5 Å². The summed E-state index contributed by atoms with van der Waals surface area (Å²) < 4.78 is 7.20. The number of carboxylic acids is 1. The van der Waals surface area contributed by atoms with Crippen LogP contribution in [0.25, 0.3) is 11.1 Å².